The van der Waals surface area contributed by atoms with Gasteiger partial charge in [-0.05, 0) is 31.3 Å². The molecular formula is C21H32N6O9S. The molecular weight excluding hydrogens is 512 g/mol. The number of nitrogens with one attached hydrogen (secondary N) is 4. The van der Waals surface area contributed by atoms with Gasteiger partial charge in [-0.3, -0.25) is 24.0 Å². The number of hydrogen-bond acceptors (Lipinski definition) is 9. The number of carbonyl (C=O) groups is 6. The third-order valence-electron chi connectivity index (χ3n) is 5.12. The van der Waals surface area contributed by atoms with Gasteiger partial charge in [-0.1, -0.05) is 0 Å². The molecule has 4 atom stereocenters. The Balaban J connectivity index is 3.01. The number of carboxylic acids is 3. The van der Waals surface area contributed by atoms with Crippen LogP contribution < -0.4 is 21.7 Å². The summed E-state index contributed by atoms with van der Waals surface area (Å²) in [7, 11) is 0. The van der Waals surface area contributed by atoms with Gasteiger partial charge in [-0.25, -0.2) is 9.78 Å². The molecule has 1 heterocycles. The van der Waals surface area contributed by atoms with E-state index in [1.165, 1.54) is 24.3 Å². The van der Waals surface area contributed by atoms with Crippen LogP contribution in [0.25, 0.3) is 0 Å². The maximum Gasteiger partial charge on any atom is 0.326 e. The number of aromatic amines is 1. The van der Waals surface area contributed by atoms with E-state index in [0.717, 1.165) is 0 Å². The largest absolute Gasteiger partial charge is 0.481 e. The number of H-pyrrole nitrogens is 1. The second kappa shape index (κ2) is 16.2. The van der Waals surface area contributed by atoms with Crippen LogP contribution in [0.5, 0.6) is 0 Å². The third kappa shape index (κ3) is 12.2. The van der Waals surface area contributed by atoms with E-state index in [1.54, 1.807) is 0 Å². The molecule has 0 saturated carbocycles. The molecule has 1 aromatic rings. The monoisotopic (exact) mass is 544 g/mol. The Morgan fingerprint density at radius 1 is 0.892 bits per heavy atom. The van der Waals surface area contributed by atoms with Crippen molar-refractivity contribution in [2.24, 2.45) is 5.73 Å². The minimum absolute atomic E-state index is 0.161. The number of hydrogen-bond donors (Lipinski definition) is 8. The molecule has 37 heavy (non-hydrogen) atoms. The lowest BCUT2D eigenvalue weighted by atomic mass is 10.1. The summed E-state index contributed by atoms with van der Waals surface area (Å²) in [6, 6.07) is -5.25. The lowest BCUT2D eigenvalue weighted by Gasteiger charge is -2.25. The highest BCUT2D eigenvalue weighted by Gasteiger charge is 2.31. The predicted molar refractivity (Wildman–Crippen MR) is 130 cm³/mol. The summed E-state index contributed by atoms with van der Waals surface area (Å²) in [5.41, 5.74) is 6.22. The molecule has 1 rings (SSSR count). The topological polar surface area (TPSA) is 254 Å². The Kier molecular flexibility index (Phi) is 13.7. The molecule has 0 spiro atoms. The number of rotatable bonds is 18. The zero-order valence-electron chi connectivity index (χ0n) is 20.1. The smallest absolute Gasteiger partial charge is 0.326 e. The fourth-order valence-electron chi connectivity index (χ4n) is 3.09. The van der Waals surface area contributed by atoms with Gasteiger partial charge in [0.25, 0.3) is 0 Å². The summed E-state index contributed by atoms with van der Waals surface area (Å²) in [5, 5.41) is 34.5. The molecule has 0 fully saturated rings. The number of carbonyl (C=O) groups excluding carboxylic acids is 3. The standard InChI is InChI=1S/C21H32N6O9S/c1-37-7-6-12(22)18(32)25-13(2-4-16(28)29)19(33)26-14(3-5-17(30)31)20(34)27-15(21(35)36)8-11-9-23-10-24-11/h9-10,12-15H,2-8,22H2,1H3,(H,23,24)(H,25,32)(H,26,33)(H,27,34)(H,28,29)(H,30,31)(H,35,36). The minimum Gasteiger partial charge on any atom is -0.481 e. The van der Waals surface area contributed by atoms with Crippen LogP contribution in [0.1, 0.15) is 37.8 Å². The molecule has 0 saturated heterocycles. The van der Waals surface area contributed by atoms with Crippen molar-refractivity contribution in [2.45, 2.75) is 62.7 Å². The first-order chi connectivity index (χ1) is 17.4. The Morgan fingerprint density at radius 3 is 1.84 bits per heavy atom. The molecule has 206 valence electrons. The van der Waals surface area contributed by atoms with Crippen molar-refractivity contribution < 1.29 is 44.1 Å². The van der Waals surface area contributed by atoms with E-state index in [1.807, 2.05) is 6.26 Å². The van der Waals surface area contributed by atoms with E-state index in [-0.39, 0.29) is 12.8 Å². The maximum atomic E-state index is 12.9. The number of carboxylic acid groups (broad SMARTS) is 3. The molecule has 1 aromatic heterocycles. The van der Waals surface area contributed by atoms with Crippen molar-refractivity contribution in [2.75, 3.05) is 12.0 Å². The van der Waals surface area contributed by atoms with Crippen LogP contribution in [-0.2, 0) is 35.2 Å². The molecule has 0 aliphatic heterocycles. The normalized spacial score (nSPS) is 14.0. The van der Waals surface area contributed by atoms with E-state index < -0.39 is 79.1 Å². The van der Waals surface area contributed by atoms with Crippen molar-refractivity contribution in [3.8, 4) is 0 Å². The van der Waals surface area contributed by atoms with E-state index in [4.69, 9.17) is 15.9 Å². The molecule has 0 aliphatic carbocycles. The number of nitrogens with two attached hydrogens (primary N) is 1. The summed E-state index contributed by atoms with van der Waals surface area (Å²) in [6.45, 7) is 0. The third-order valence-corrected chi connectivity index (χ3v) is 5.77. The van der Waals surface area contributed by atoms with Crippen molar-refractivity contribution >= 4 is 47.4 Å². The maximum absolute atomic E-state index is 12.9. The quantitative estimate of drug-likeness (QED) is 0.103. The fourth-order valence-corrected chi connectivity index (χ4v) is 3.58. The fraction of sp³-hybridized carbons (Fsp3) is 0.571. The Labute approximate surface area is 216 Å². The number of nitrogens with zero attached hydrogens (tertiary/aromatic N) is 1. The summed E-state index contributed by atoms with van der Waals surface area (Å²) < 4.78 is 0. The zero-order chi connectivity index (χ0) is 28.0. The molecule has 0 aromatic carbocycles. The highest BCUT2D eigenvalue weighted by Crippen LogP contribution is 2.06. The van der Waals surface area contributed by atoms with Gasteiger partial charge in [0, 0.05) is 31.2 Å². The van der Waals surface area contributed by atoms with E-state index >= 15 is 0 Å². The van der Waals surface area contributed by atoms with Crippen LogP contribution >= 0.6 is 11.8 Å². The number of amides is 3. The lowest BCUT2D eigenvalue weighted by Crippen LogP contribution is -2.57. The van der Waals surface area contributed by atoms with E-state index in [2.05, 4.69) is 25.9 Å². The van der Waals surface area contributed by atoms with Crippen LogP contribution in [-0.4, -0.2) is 97.1 Å². The second-order valence-electron chi connectivity index (χ2n) is 8.06. The van der Waals surface area contributed by atoms with Gasteiger partial charge >= 0.3 is 17.9 Å². The van der Waals surface area contributed by atoms with Gasteiger partial charge in [0.1, 0.15) is 18.1 Å². The van der Waals surface area contributed by atoms with Gasteiger partial charge in [0.2, 0.25) is 17.7 Å². The SMILES string of the molecule is CSCCC(N)C(=O)NC(CCC(=O)O)C(=O)NC(CCC(=O)O)C(=O)NC(Cc1cnc[nH]1)C(=O)O. The molecule has 4 unspecified atom stereocenters. The molecule has 3 amide bonds. The number of aliphatic carboxylic acids is 3. The van der Waals surface area contributed by atoms with E-state index in [0.29, 0.717) is 17.9 Å². The van der Waals surface area contributed by atoms with Crippen LogP contribution in [0.4, 0.5) is 0 Å². The molecule has 15 nitrogen and oxygen atoms in total. The average molecular weight is 545 g/mol. The van der Waals surface area contributed by atoms with Crippen molar-refractivity contribution in [3.63, 3.8) is 0 Å². The van der Waals surface area contributed by atoms with Crippen LogP contribution in [0, 0.1) is 0 Å². The van der Waals surface area contributed by atoms with E-state index in [9.17, 15) is 33.9 Å². The molecule has 0 bridgehead atoms. The number of imidazole rings is 1. The van der Waals surface area contributed by atoms with Gasteiger partial charge in [0.05, 0.1) is 12.4 Å². The van der Waals surface area contributed by atoms with Crippen LogP contribution in [0.15, 0.2) is 12.5 Å². The predicted octanol–water partition coefficient (Wildman–Crippen LogP) is -1.70. The Morgan fingerprint density at radius 2 is 1.41 bits per heavy atom. The molecule has 16 heteroatoms. The van der Waals surface area contributed by atoms with Gasteiger partial charge in [0.15, 0.2) is 0 Å². The first-order valence-electron chi connectivity index (χ1n) is 11.2. The van der Waals surface area contributed by atoms with Crippen molar-refractivity contribution in [1.29, 1.82) is 0 Å². The summed E-state index contributed by atoms with van der Waals surface area (Å²) in [4.78, 5) is 78.5. The van der Waals surface area contributed by atoms with Crippen molar-refractivity contribution in [3.05, 3.63) is 18.2 Å². The van der Waals surface area contributed by atoms with Gasteiger partial charge in [-0.2, -0.15) is 11.8 Å². The number of aromatic nitrogens is 2. The van der Waals surface area contributed by atoms with Crippen molar-refractivity contribution in [1.82, 2.24) is 25.9 Å². The second-order valence-corrected chi connectivity index (χ2v) is 9.04. The summed E-state index contributed by atoms with van der Waals surface area (Å²) in [5.74, 6) is -5.92. The summed E-state index contributed by atoms with van der Waals surface area (Å²) in [6.07, 6.45) is 2.90. The van der Waals surface area contributed by atoms with Crippen LogP contribution in [0.3, 0.4) is 0 Å². The van der Waals surface area contributed by atoms with Gasteiger partial charge < -0.3 is 42.0 Å². The van der Waals surface area contributed by atoms with Gasteiger partial charge in [-0.15, -0.1) is 0 Å². The average Bonchev–Trinajstić information content (AvgIpc) is 3.34. The Hall–Kier alpha value is -3.66. The number of thioether (sulfide) groups is 1. The molecule has 0 radical (unpaired) electrons. The molecule has 0 aliphatic rings. The first kappa shape index (κ1) is 31.4. The lowest BCUT2D eigenvalue weighted by molar-refractivity contribution is -0.143. The summed E-state index contributed by atoms with van der Waals surface area (Å²) >= 11 is 1.46. The molecule has 9 N–H and O–H groups in total. The zero-order valence-corrected chi connectivity index (χ0v) is 21.0. The highest BCUT2D eigenvalue weighted by molar-refractivity contribution is 7.98. The minimum atomic E-state index is -1.48. The highest BCUT2D eigenvalue weighted by atomic mass is 32.2. The van der Waals surface area contributed by atoms with Crippen LogP contribution in [0.2, 0.25) is 0 Å². The first-order valence-corrected chi connectivity index (χ1v) is 12.6. The Bertz CT molecular complexity index is 943.